The highest BCUT2D eigenvalue weighted by Crippen LogP contribution is 2.33. The van der Waals surface area contributed by atoms with Crippen molar-refractivity contribution in [2.24, 2.45) is 11.8 Å². The Morgan fingerprint density at radius 2 is 2.11 bits per heavy atom. The molecule has 5 N–H and O–H groups in total. The van der Waals surface area contributed by atoms with Gasteiger partial charge in [-0.15, -0.1) is 0 Å². The predicted molar refractivity (Wildman–Crippen MR) is 62.1 cm³/mol. The summed E-state index contributed by atoms with van der Waals surface area (Å²) in [6.07, 6.45) is -3.29. The van der Waals surface area contributed by atoms with Gasteiger partial charge in [0.15, 0.2) is 5.69 Å². The number of aliphatic hydroxyl groups excluding tert-OH is 1. The molecule has 0 saturated heterocycles. The lowest BCUT2D eigenvalue weighted by Crippen LogP contribution is -2.23. The van der Waals surface area contributed by atoms with Gasteiger partial charge in [-0.25, -0.2) is 10.8 Å². The summed E-state index contributed by atoms with van der Waals surface area (Å²) in [6, 6.07) is 0.778. The first-order valence-electron chi connectivity index (χ1n) is 5.75. The summed E-state index contributed by atoms with van der Waals surface area (Å²) in [7, 11) is 0. The normalized spacial score (nSPS) is 17.1. The molecule has 1 heterocycles. The fraction of sp³-hybridized carbons (Fsp3) is 0.600. The third-order valence-electron chi connectivity index (χ3n) is 2.80. The highest BCUT2D eigenvalue weighted by Gasteiger charge is 2.34. The van der Waals surface area contributed by atoms with Crippen LogP contribution in [0.1, 0.15) is 18.5 Å². The van der Waals surface area contributed by atoms with E-state index in [1.807, 2.05) is 5.43 Å². The Morgan fingerprint density at radius 3 is 2.63 bits per heavy atom. The number of aromatic nitrogens is 2. The zero-order valence-electron chi connectivity index (χ0n) is 9.91. The summed E-state index contributed by atoms with van der Waals surface area (Å²) in [6.45, 7) is 0.142. The van der Waals surface area contributed by atoms with E-state index in [0.717, 1.165) is 18.9 Å². The monoisotopic (exact) mass is 277 g/mol. The number of nitrogen functional groups attached to an aromatic ring is 1. The topological polar surface area (TPSA) is 96.1 Å². The summed E-state index contributed by atoms with van der Waals surface area (Å²) < 4.78 is 37.8. The molecule has 1 aliphatic rings. The molecule has 1 aromatic heterocycles. The number of rotatable bonds is 5. The minimum absolute atomic E-state index is 0.0324. The number of nitrogens with zero attached hydrogens (tertiary/aromatic N) is 2. The lowest BCUT2D eigenvalue weighted by molar-refractivity contribution is -0.141. The Hall–Kier alpha value is -1.61. The lowest BCUT2D eigenvalue weighted by Gasteiger charge is -2.13. The van der Waals surface area contributed by atoms with Crippen LogP contribution < -0.4 is 16.6 Å². The van der Waals surface area contributed by atoms with E-state index in [2.05, 4.69) is 15.3 Å². The third-order valence-corrected chi connectivity index (χ3v) is 2.80. The maximum atomic E-state index is 12.6. The second kappa shape index (κ2) is 5.17. The quantitative estimate of drug-likeness (QED) is 0.473. The average molecular weight is 277 g/mol. The van der Waals surface area contributed by atoms with E-state index in [9.17, 15) is 18.3 Å². The first-order chi connectivity index (χ1) is 8.90. The smallest absolute Gasteiger partial charge is 0.391 e. The number of hydrazine groups is 1. The molecule has 1 aromatic rings. The number of aliphatic hydroxyl groups is 1. The highest BCUT2D eigenvalue weighted by molar-refractivity contribution is 5.42. The van der Waals surface area contributed by atoms with E-state index in [1.54, 1.807) is 0 Å². The van der Waals surface area contributed by atoms with Crippen LogP contribution in [0.3, 0.4) is 0 Å². The number of alkyl halides is 3. The SMILES string of the molecule is NNc1nc(NCC(O)C2CC2)cc(C(F)(F)F)n1. The second-order valence-corrected chi connectivity index (χ2v) is 4.39. The molecular formula is C10H14F3N5O. The van der Waals surface area contributed by atoms with Crippen molar-refractivity contribution in [3.8, 4) is 0 Å². The molecule has 106 valence electrons. The molecule has 0 radical (unpaired) electrons. The van der Waals surface area contributed by atoms with Gasteiger partial charge in [-0.1, -0.05) is 0 Å². The second-order valence-electron chi connectivity index (χ2n) is 4.39. The van der Waals surface area contributed by atoms with Gasteiger partial charge >= 0.3 is 6.18 Å². The molecule has 19 heavy (non-hydrogen) atoms. The maximum absolute atomic E-state index is 12.6. The number of nitrogens with two attached hydrogens (primary N) is 1. The van der Waals surface area contributed by atoms with Gasteiger partial charge in [0, 0.05) is 12.6 Å². The van der Waals surface area contributed by atoms with Crippen molar-refractivity contribution in [3.63, 3.8) is 0 Å². The molecule has 1 atom stereocenters. The van der Waals surface area contributed by atoms with Crippen molar-refractivity contribution >= 4 is 11.8 Å². The maximum Gasteiger partial charge on any atom is 0.433 e. The Bertz CT molecular complexity index is 449. The first kappa shape index (κ1) is 13.8. The van der Waals surface area contributed by atoms with Gasteiger partial charge in [0.1, 0.15) is 5.82 Å². The summed E-state index contributed by atoms with van der Waals surface area (Å²) >= 11 is 0. The summed E-state index contributed by atoms with van der Waals surface area (Å²) in [5, 5.41) is 12.3. The van der Waals surface area contributed by atoms with E-state index in [1.165, 1.54) is 0 Å². The van der Waals surface area contributed by atoms with Crippen LogP contribution in [0, 0.1) is 5.92 Å². The number of hydrogen-bond donors (Lipinski definition) is 4. The van der Waals surface area contributed by atoms with Gasteiger partial charge in [-0.2, -0.15) is 18.2 Å². The zero-order valence-corrected chi connectivity index (χ0v) is 9.91. The third kappa shape index (κ3) is 3.67. The molecule has 0 aromatic carbocycles. The molecule has 1 fully saturated rings. The van der Waals surface area contributed by atoms with Crippen molar-refractivity contribution in [1.29, 1.82) is 0 Å². The van der Waals surface area contributed by atoms with Crippen molar-refractivity contribution in [2.45, 2.75) is 25.1 Å². The van der Waals surface area contributed by atoms with Crippen LogP contribution in [0.4, 0.5) is 24.9 Å². The molecule has 1 saturated carbocycles. The van der Waals surface area contributed by atoms with E-state index in [4.69, 9.17) is 5.84 Å². The number of halogens is 3. The summed E-state index contributed by atoms with van der Waals surface area (Å²) in [5.41, 5.74) is 0.880. The lowest BCUT2D eigenvalue weighted by atomic mass is 10.2. The van der Waals surface area contributed by atoms with Crippen LogP contribution in [0.15, 0.2) is 6.07 Å². The van der Waals surface area contributed by atoms with Crippen molar-refractivity contribution in [3.05, 3.63) is 11.8 Å². The van der Waals surface area contributed by atoms with Crippen LogP contribution in [0.2, 0.25) is 0 Å². The predicted octanol–water partition coefficient (Wildman–Crippen LogP) is 0.964. The Kier molecular flexibility index (Phi) is 3.76. The van der Waals surface area contributed by atoms with E-state index >= 15 is 0 Å². The Labute approximate surface area is 107 Å². The zero-order chi connectivity index (χ0) is 14.0. The first-order valence-corrected chi connectivity index (χ1v) is 5.75. The van der Waals surface area contributed by atoms with E-state index in [-0.39, 0.29) is 24.2 Å². The fourth-order valence-electron chi connectivity index (χ4n) is 1.60. The summed E-state index contributed by atoms with van der Waals surface area (Å²) in [4.78, 5) is 6.97. The minimum Gasteiger partial charge on any atom is -0.391 e. The summed E-state index contributed by atoms with van der Waals surface area (Å²) in [5.74, 6) is 4.88. The van der Waals surface area contributed by atoms with Gasteiger partial charge in [0.05, 0.1) is 6.10 Å². The highest BCUT2D eigenvalue weighted by atomic mass is 19.4. The van der Waals surface area contributed by atoms with Gasteiger partial charge in [-0.3, -0.25) is 5.43 Å². The standard InChI is InChI=1S/C10H14F3N5O/c11-10(12,13)7-3-8(17-9(16-7)18-14)15-4-6(19)5-1-2-5/h3,5-6,19H,1-2,4,14H2,(H2,15,16,17,18). The molecule has 2 rings (SSSR count). The molecule has 9 heteroatoms. The van der Waals surface area contributed by atoms with Gasteiger partial charge in [0.25, 0.3) is 0 Å². The largest absolute Gasteiger partial charge is 0.433 e. The number of nitrogens with one attached hydrogen (secondary N) is 2. The molecule has 0 amide bonds. The number of hydrogen-bond acceptors (Lipinski definition) is 6. The van der Waals surface area contributed by atoms with Crippen LogP contribution in [0.5, 0.6) is 0 Å². The average Bonchev–Trinajstić information content (AvgIpc) is 3.18. The molecule has 6 nitrogen and oxygen atoms in total. The molecule has 0 aliphatic heterocycles. The van der Waals surface area contributed by atoms with Gasteiger partial charge in [-0.05, 0) is 18.8 Å². The minimum atomic E-state index is -4.58. The Morgan fingerprint density at radius 1 is 1.42 bits per heavy atom. The van der Waals surface area contributed by atoms with Crippen molar-refractivity contribution in [1.82, 2.24) is 9.97 Å². The van der Waals surface area contributed by atoms with E-state index in [0.29, 0.717) is 0 Å². The molecule has 1 unspecified atom stereocenters. The van der Waals surface area contributed by atoms with E-state index < -0.39 is 18.0 Å². The van der Waals surface area contributed by atoms with Crippen molar-refractivity contribution in [2.75, 3.05) is 17.3 Å². The molecule has 0 bridgehead atoms. The van der Waals surface area contributed by atoms with Crippen LogP contribution in [0.25, 0.3) is 0 Å². The fourth-order valence-corrected chi connectivity index (χ4v) is 1.60. The number of anilines is 2. The van der Waals surface area contributed by atoms with Crippen LogP contribution >= 0.6 is 0 Å². The van der Waals surface area contributed by atoms with Gasteiger partial charge < -0.3 is 10.4 Å². The van der Waals surface area contributed by atoms with Crippen LogP contribution in [-0.4, -0.2) is 27.7 Å². The molecule has 1 aliphatic carbocycles. The van der Waals surface area contributed by atoms with Crippen LogP contribution in [-0.2, 0) is 6.18 Å². The molecular weight excluding hydrogens is 263 g/mol. The molecule has 0 spiro atoms. The van der Waals surface area contributed by atoms with Gasteiger partial charge in [0.2, 0.25) is 5.95 Å². The van der Waals surface area contributed by atoms with Crippen molar-refractivity contribution < 1.29 is 18.3 Å². The Balaban J connectivity index is 2.09.